The topological polar surface area (TPSA) is 12.0 Å². The first-order chi connectivity index (χ1) is 7.52. The van der Waals surface area contributed by atoms with Gasteiger partial charge in [0.2, 0.25) is 0 Å². The van der Waals surface area contributed by atoms with Gasteiger partial charge in [-0.3, -0.25) is 0 Å². The summed E-state index contributed by atoms with van der Waals surface area (Å²) in [5, 5.41) is 3.78. The summed E-state index contributed by atoms with van der Waals surface area (Å²) < 4.78 is 0. The van der Waals surface area contributed by atoms with Gasteiger partial charge in [0.1, 0.15) is 0 Å². The Bertz CT molecular complexity index is 214. The van der Waals surface area contributed by atoms with Crippen molar-refractivity contribution in [3.63, 3.8) is 0 Å². The first-order valence-electron chi connectivity index (χ1n) is 7.27. The van der Waals surface area contributed by atoms with Gasteiger partial charge >= 0.3 is 0 Å². The molecule has 16 heavy (non-hydrogen) atoms. The van der Waals surface area contributed by atoms with Crippen molar-refractivity contribution in [1.29, 1.82) is 0 Å². The predicted molar refractivity (Wildman–Crippen MR) is 70.6 cm³/mol. The lowest BCUT2D eigenvalue weighted by Crippen LogP contribution is -2.45. The third-order valence-corrected chi connectivity index (χ3v) is 4.79. The normalized spacial score (nSPS) is 26.4. The molecule has 0 aromatic heterocycles. The fraction of sp³-hybridized carbons (Fsp3) is 1.00. The van der Waals surface area contributed by atoms with Crippen LogP contribution in [0.15, 0.2) is 0 Å². The van der Waals surface area contributed by atoms with E-state index in [9.17, 15) is 0 Å². The van der Waals surface area contributed by atoms with Crippen LogP contribution >= 0.6 is 0 Å². The maximum Gasteiger partial charge on any atom is 0.00967 e. The molecule has 1 N–H and O–H groups in total. The van der Waals surface area contributed by atoms with Crippen LogP contribution in [0.2, 0.25) is 0 Å². The van der Waals surface area contributed by atoms with Crippen LogP contribution in [-0.2, 0) is 0 Å². The smallest absolute Gasteiger partial charge is 0.00967 e. The number of rotatable bonds is 3. The predicted octanol–water partition coefficient (Wildman–Crippen LogP) is 4.13. The summed E-state index contributed by atoms with van der Waals surface area (Å²) in [5.41, 5.74) is 0.956. The van der Waals surface area contributed by atoms with E-state index < -0.39 is 0 Å². The minimum Gasteiger partial charge on any atom is -0.312 e. The monoisotopic (exact) mass is 223 g/mol. The lowest BCUT2D eigenvalue weighted by Gasteiger charge is -2.38. The summed E-state index contributed by atoms with van der Waals surface area (Å²) in [5.74, 6) is 1.03. The largest absolute Gasteiger partial charge is 0.312 e. The van der Waals surface area contributed by atoms with E-state index in [1.807, 2.05) is 0 Å². The second kappa shape index (κ2) is 4.68. The van der Waals surface area contributed by atoms with Gasteiger partial charge in [-0.2, -0.15) is 0 Å². The zero-order valence-corrected chi connectivity index (χ0v) is 11.4. The van der Waals surface area contributed by atoms with E-state index in [4.69, 9.17) is 0 Å². The minimum atomic E-state index is 0.286. The van der Waals surface area contributed by atoms with E-state index in [2.05, 4.69) is 26.1 Å². The maximum absolute atomic E-state index is 3.78. The van der Waals surface area contributed by atoms with Crippen LogP contribution in [-0.4, -0.2) is 12.1 Å². The molecule has 1 nitrogen and oxygen atoms in total. The molecule has 0 aromatic rings. The van der Waals surface area contributed by atoms with E-state index in [0.717, 1.165) is 5.92 Å². The Kier molecular flexibility index (Phi) is 3.63. The molecule has 0 radical (unpaired) electrons. The van der Waals surface area contributed by atoms with Gasteiger partial charge in [0.05, 0.1) is 0 Å². The van der Waals surface area contributed by atoms with Crippen molar-refractivity contribution < 1.29 is 0 Å². The van der Waals surface area contributed by atoms with Crippen LogP contribution in [0, 0.1) is 11.3 Å². The molecule has 2 aliphatic carbocycles. The van der Waals surface area contributed by atoms with E-state index in [1.54, 1.807) is 0 Å². The van der Waals surface area contributed by atoms with Gasteiger partial charge < -0.3 is 5.32 Å². The molecule has 0 bridgehead atoms. The number of hydrogen-bond acceptors (Lipinski definition) is 1. The first-order valence-corrected chi connectivity index (χ1v) is 7.27. The van der Waals surface area contributed by atoms with Crippen molar-refractivity contribution in [2.24, 2.45) is 11.3 Å². The molecule has 94 valence electrons. The zero-order chi connectivity index (χ0) is 11.6. The van der Waals surface area contributed by atoms with Gasteiger partial charge in [-0.05, 0) is 57.8 Å². The second-order valence-electron chi connectivity index (χ2n) is 7.15. The van der Waals surface area contributed by atoms with E-state index in [-0.39, 0.29) is 5.54 Å². The summed E-state index contributed by atoms with van der Waals surface area (Å²) in [7, 11) is 0. The van der Waals surface area contributed by atoms with Crippen LogP contribution in [0.1, 0.15) is 72.1 Å². The molecule has 0 atom stereocenters. The fourth-order valence-corrected chi connectivity index (χ4v) is 3.79. The zero-order valence-electron chi connectivity index (χ0n) is 11.4. The molecule has 2 saturated carbocycles. The quantitative estimate of drug-likeness (QED) is 0.758. The molecular weight excluding hydrogens is 194 g/mol. The van der Waals surface area contributed by atoms with Gasteiger partial charge in [0, 0.05) is 12.1 Å². The summed E-state index contributed by atoms with van der Waals surface area (Å²) in [6, 6.07) is 0. The van der Waals surface area contributed by atoms with Crippen LogP contribution in [0.5, 0.6) is 0 Å². The molecular formula is C15H29N. The average Bonchev–Trinajstić information content (AvgIpc) is 2.86. The number of hydrogen-bond donors (Lipinski definition) is 1. The SMILES string of the molecule is CC(C)(C)NCC1(C2CCCC2)CCCC1. The van der Waals surface area contributed by atoms with Crippen LogP contribution < -0.4 is 5.32 Å². The lowest BCUT2D eigenvalue weighted by atomic mass is 9.72. The highest BCUT2D eigenvalue weighted by Gasteiger charge is 2.42. The average molecular weight is 223 g/mol. The highest BCUT2D eigenvalue weighted by molar-refractivity contribution is 4.95. The van der Waals surface area contributed by atoms with Gasteiger partial charge in [0.25, 0.3) is 0 Å². The van der Waals surface area contributed by atoms with Crippen LogP contribution in [0.4, 0.5) is 0 Å². The molecule has 2 rings (SSSR count). The van der Waals surface area contributed by atoms with Crippen molar-refractivity contribution in [3.05, 3.63) is 0 Å². The number of nitrogens with one attached hydrogen (secondary N) is 1. The summed E-state index contributed by atoms with van der Waals surface area (Å²) in [6.07, 6.45) is 11.9. The first kappa shape index (κ1) is 12.4. The summed E-state index contributed by atoms with van der Waals surface area (Å²) in [4.78, 5) is 0. The van der Waals surface area contributed by atoms with Crippen LogP contribution in [0.3, 0.4) is 0 Å². The van der Waals surface area contributed by atoms with Crippen molar-refractivity contribution in [2.45, 2.75) is 77.7 Å². The van der Waals surface area contributed by atoms with Crippen LogP contribution in [0.25, 0.3) is 0 Å². The summed E-state index contributed by atoms with van der Waals surface area (Å²) in [6.45, 7) is 8.15. The minimum absolute atomic E-state index is 0.286. The molecule has 2 fully saturated rings. The van der Waals surface area contributed by atoms with Gasteiger partial charge in [-0.1, -0.05) is 25.7 Å². The third-order valence-electron chi connectivity index (χ3n) is 4.79. The molecule has 0 aliphatic heterocycles. The maximum atomic E-state index is 3.78. The Balaban J connectivity index is 1.98. The van der Waals surface area contributed by atoms with Gasteiger partial charge in [0.15, 0.2) is 0 Å². The highest BCUT2D eigenvalue weighted by Crippen LogP contribution is 2.50. The second-order valence-corrected chi connectivity index (χ2v) is 7.15. The Labute approximate surface area is 101 Å². The Morgan fingerprint density at radius 3 is 2.06 bits per heavy atom. The fourth-order valence-electron chi connectivity index (χ4n) is 3.79. The Morgan fingerprint density at radius 1 is 1.00 bits per heavy atom. The van der Waals surface area contributed by atoms with Crippen molar-refractivity contribution in [1.82, 2.24) is 5.32 Å². The Morgan fingerprint density at radius 2 is 1.56 bits per heavy atom. The Hall–Kier alpha value is -0.0400. The van der Waals surface area contributed by atoms with Crippen molar-refractivity contribution in [3.8, 4) is 0 Å². The van der Waals surface area contributed by atoms with Gasteiger partial charge in [-0.25, -0.2) is 0 Å². The molecule has 2 aliphatic rings. The van der Waals surface area contributed by atoms with E-state index in [0.29, 0.717) is 5.41 Å². The van der Waals surface area contributed by atoms with E-state index >= 15 is 0 Å². The molecule has 0 amide bonds. The molecule has 0 spiro atoms. The lowest BCUT2D eigenvalue weighted by molar-refractivity contribution is 0.149. The van der Waals surface area contributed by atoms with Crippen molar-refractivity contribution >= 4 is 0 Å². The molecule has 0 aromatic carbocycles. The third kappa shape index (κ3) is 2.80. The molecule has 0 saturated heterocycles. The summed E-state index contributed by atoms with van der Waals surface area (Å²) >= 11 is 0. The highest BCUT2D eigenvalue weighted by atomic mass is 15.0. The van der Waals surface area contributed by atoms with E-state index in [1.165, 1.54) is 57.9 Å². The van der Waals surface area contributed by atoms with Crippen molar-refractivity contribution in [2.75, 3.05) is 6.54 Å². The molecule has 0 heterocycles. The standard InChI is InChI=1S/C15H29N/c1-14(2,3)16-12-15(10-6-7-11-15)13-8-4-5-9-13/h13,16H,4-12H2,1-3H3. The van der Waals surface area contributed by atoms with Gasteiger partial charge in [-0.15, -0.1) is 0 Å². The molecule has 0 unspecified atom stereocenters. The molecule has 1 heteroatoms.